The minimum absolute atomic E-state index is 0.0415. The third kappa shape index (κ3) is 2.84. The van der Waals surface area contributed by atoms with Crippen LogP contribution in [0.25, 0.3) is 11.1 Å². The summed E-state index contributed by atoms with van der Waals surface area (Å²) < 4.78 is 11.3. The number of nitrogens with zero attached hydrogens (tertiary/aromatic N) is 1. The quantitative estimate of drug-likeness (QED) is 0.662. The van der Waals surface area contributed by atoms with Crippen LogP contribution < -0.4 is 14.8 Å². The van der Waals surface area contributed by atoms with Gasteiger partial charge in [0.15, 0.2) is 0 Å². The summed E-state index contributed by atoms with van der Waals surface area (Å²) in [7, 11) is 1.54. The Hall–Kier alpha value is -2.24. The Labute approximate surface area is 116 Å². The Morgan fingerprint density at radius 1 is 1.50 bits per heavy atom. The minimum atomic E-state index is -0.0747. The topological polar surface area (TPSA) is 78.4 Å². The van der Waals surface area contributed by atoms with E-state index in [-0.39, 0.29) is 17.7 Å². The zero-order valence-corrected chi connectivity index (χ0v) is 11.8. The summed E-state index contributed by atoms with van der Waals surface area (Å²) in [6.45, 7) is 4.00. The number of hydrogen-bond acceptors (Lipinski definition) is 4. The first-order valence-electron chi connectivity index (χ1n) is 6.49. The van der Waals surface area contributed by atoms with E-state index in [0.717, 1.165) is 4.73 Å². The molecule has 1 amide bonds. The van der Waals surface area contributed by atoms with Crippen molar-refractivity contribution in [3.63, 3.8) is 0 Å². The fourth-order valence-corrected chi connectivity index (χ4v) is 1.82. The molecule has 1 N–H and O–H groups in total. The van der Waals surface area contributed by atoms with Crippen molar-refractivity contribution in [3.05, 3.63) is 29.3 Å². The van der Waals surface area contributed by atoms with Crippen LogP contribution >= 0.6 is 0 Å². The molecule has 0 aliphatic rings. The van der Waals surface area contributed by atoms with E-state index in [2.05, 4.69) is 5.32 Å². The van der Waals surface area contributed by atoms with Gasteiger partial charge in [-0.15, -0.1) is 4.73 Å². The average molecular weight is 278 g/mol. The second-order valence-electron chi connectivity index (χ2n) is 4.82. The molecule has 1 heterocycles. The van der Waals surface area contributed by atoms with Crippen molar-refractivity contribution in [2.24, 2.45) is 5.92 Å². The van der Waals surface area contributed by atoms with E-state index in [4.69, 9.17) is 9.15 Å². The smallest absolute Gasteiger partial charge is 0.361 e. The molecule has 2 aromatic rings. The van der Waals surface area contributed by atoms with Gasteiger partial charge in [-0.1, -0.05) is 13.8 Å². The summed E-state index contributed by atoms with van der Waals surface area (Å²) >= 11 is 0. The molecule has 20 heavy (non-hydrogen) atoms. The molecule has 0 fully saturated rings. The lowest BCUT2D eigenvalue weighted by Gasteiger charge is -2.05. The lowest BCUT2D eigenvalue weighted by atomic mass is 10.2. The molecule has 0 radical (unpaired) electrons. The molecule has 0 aliphatic carbocycles. The summed E-state index contributed by atoms with van der Waals surface area (Å²) in [6, 6.07) is 5.05. The van der Waals surface area contributed by atoms with Crippen LogP contribution in [0.1, 0.15) is 19.7 Å². The predicted octanol–water partition coefficient (Wildman–Crippen LogP) is 1.39. The van der Waals surface area contributed by atoms with Crippen LogP contribution in [0.3, 0.4) is 0 Å². The number of rotatable bonds is 5. The first-order chi connectivity index (χ1) is 9.52. The maximum absolute atomic E-state index is 12.1. The molecule has 6 heteroatoms. The number of carbonyl (C=O) groups excluding carboxylic acids is 1. The SMILES string of the molecule is COc1ccc2oc(CCNC(=O)C(C)C)[n+]([O-])c2c1. The molecule has 1 aromatic carbocycles. The van der Waals surface area contributed by atoms with E-state index in [1.54, 1.807) is 25.3 Å². The van der Waals surface area contributed by atoms with E-state index >= 15 is 0 Å². The number of fused-ring (bicyclic) bond motifs is 1. The standard InChI is InChI=1S/C14H18N2O4/c1-9(2)14(17)15-7-6-13-16(18)11-8-10(19-3)4-5-12(11)20-13/h4-5,8-9H,6-7H2,1-3H3,(H,15,17). The van der Waals surface area contributed by atoms with Gasteiger partial charge >= 0.3 is 5.89 Å². The molecule has 1 aromatic heterocycles. The van der Waals surface area contributed by atoms with Crippen molar-refractivity contribution >= 4 is 17.0 Å². The van der Waals surface area contributed by atoms with E-state index in [1.807, 2.05) is 13.8 Å². The number of nitrogens with one attached hydrogen (secondary N) is 1. The molecule has 0 spiro atoms. The van der Waals surface area contributed by atoms with E-state index in [9.17, 15) is 10.0 Å². The highest BCUT2D eigenvalue weighted by Gasteiger charge is 2.18. The number of oxazole rings is 1. The minimum Gasteiger partial charge on any atom is -0.616 e. The third-order valence-corrected chi connectivity index (χ3v) is 3.00. The van der Waals surface area contributed by atoms with Crippen LogP contribution in [0.2, 0.25) is 0 Å². The maximum atomic E-state index is 12.1. The number of hydrogen-bond donors (Lipinski definition) is 1. The van der Waals surface area contributed by atoms with Crippen molar-refractivity contribution in [1.82, 2.24) is 5.32 Å². The number of amides is 1. The summed E-state index contributed by atoms with van der Waals surface area (Å²) in [5, 5.41) is 14.8. The van der Waals surface area contributed by atoms with E-state index in [0.29, 0.717) is 29.8 Å². The van der Waals surface area contributed by atoms with Gasteiger partial charge in [0, 0.05) is 12.5 Å². The molecular formula is C14H18N2O4. The molecule has 0 unspecified atom stereocenters. The summed E-state index contributed by atoms with van der Waals surface area (Å²) in [6.07, 6.45) is 0.346. The first-order valence-corrected chi connectivity index (χ1v) is 6.49. The maximum Gasteiger partial charge on any atom is 0.361 e. The monoisotopic (exact) mass is 278 g/mol. The molecule has 2 rings (SSSR count). The Bertz CT molecular complexity index is 619. The number of methoxy groups -OCH3 is 1. The van der Waals surface area contributed by atoms with E-state index < -0.39 is 0 Å². The van der Waals surface area contributed by atoms with Gasteiger partial charge in [0.1, 0.15) is 5.75 Å². The lowest BCUT2D eigenvalue weighted by molar-refractivity contribution is -0.592. The predicted molar refractivity (Wildman–Crippen MR) is 73.3 cm³/mol. The zero-order valence-electron chi connectivity index (χ0n) is 11.8. The Balaban J connectivity index is 2.11. The second-order valence-corrected chi connectivity index (χ2v) is 4.82. The van der Waals surface area contributed by atoms with Gasteiger partial charge in [-0.3, -0.25) is 4.79 Å². The first kappa shape index (κ1) is 14.2. The highest BCUT2D eigenvalue weighted by molar-refractivity contribution is 5.77. The van der Waals surface area contributed by atoms with Gasteiger partial charge < -0.3 is 19.7 Å². The van der Waals surface area contributed by atoms with Gasteiger partial charge in [0.25, 0.3) is 5.52 Å². The highest BCUT2D eigenvalue weighted by atomic mass is 16.5. The molecular weight excluding hydrogens is 260 g/mol. The van der Waals surface area contributed by atoms with Gasteiger partial charge in [-0.2, -0.15) is 0 Å². The lowest BCUT2D eigenvalue weighted by Crippen LogP contribution is -2.34. The van der Waals surface area contributed by atoms with Crippen LogP contribution in [0, 0.1) is 11.1 Å². The van der Waals surface area contributed by atoms with Crippen LogP contribution in [-0.2, 0) is 11.2 Å². The molecule has 0 saturated heterocycles. The van der Waals surface area contributed by atoms with Gasteiger partial charge in [-0.25, -0.2) is 0 Å². The number of ether oxygens (including phenoxy) is 1. The fraction of sp³-hybridized carbons (Fsp3) is 0.429. The summed E-state index contributed by atoms with van der Waals surface area (Å²) in [5.41, 5.74) is 0.931. The van der Waals surface area contributed by atoms with Crippen molar-refractivity contribution in [3.8, 4) is 5.75 Å². The van der Waals surface area contributed by atoms with Crippen molar-refractivity contribution in [1.29, 1.82) is 0 Å². The Morgan fingerprint density at radius 3 is 2.90 bits per heavy atom. The zero-order chi connectivity index (χ0) is 14.7. The molecule has 108 valence electrons. The van der Waals surface area contributed by atoms with Gasteiger partial charge in [-0.05, 0) is 12.1 Å². The third-order valence-electron chi connectivity index (χ3n) is 3.00. The number of benzene rings is 1. The number of aromatic nitrogens is 1. The van der Waals surface area contributed by atoms with Crippen molar-refractivity contribution < 1.29 is 18.7 Å². The molecule has 0 aliphatic heterocycles. The molecule has 6 nitrogen and oxygen atoms in total. The molecule has 0 bridgehead atoms. The largest absolute Gasteiger partial charge is 0.616 e. The van der Waals surface area contributed by atoms with Crippen molar-refractivity contribution in [2.45, 2.75) is 20.3 Å². The highest BCUT2D eigenvalue weighted by Crippen LogP contribution is 2.19. The normalized spacial score (nSPS) is 11.0. The summed E-state index contributed by atoms with van der Waals surface area (Å²) in [5.74, 6) is 0.759. The Morgan fingerprint density at radius 2 is 2.25 bits per heavy atom. The number of carbonyl (C=O) groups is 1. The van der Waals surface area contributed by atoms with E-state index in [1.165, 1.54) is 0 Å². The molecule has 0 atom stereocenters. The van der Waals surface area contributed by atoms with Gasteiger partial charge in [0.05, 0.1) is 19.6 Å². The van der Waals surface area contributed by atoms with Crippen molar-refractivity contribution in [2.75, 3.05) is 13.7 Å². The van der Waals surface area contributed by atoms with Crippen LogP contribution in [0.5, 0.6) is 5.75 Å². The second kappa shape index (κ2) is 5.81. The van der Waals surface area contributed by atoms with Crippen LogP contribution in [0.15, 0.2) is 22.6 Å². The van der Waals surface area contributed by atoms with Crippen LogP contribution in [-0.4, -0.2) is 19.6 Å². The Kier molecular flexibility index (Phi) is 4.12. The van der Waals surface area contributed by atoms with Gasteiger partial charge in [0.2, 0.25) is 11.5 Å². The molecule has 0 saturated carbocycles. The fourth-order valence-electron chi connectivity index (χ4n) is 1.82. The summed E-state index contributed by atoms with van der Waals surface area (Å²) in [4.78, 5) is 11.4. The van der Waals surface area contributed by atoms with Crippen LogP contribution in [0.4, 0.5) is 0 Å². The average Bonchev–Trinajstić information content (AvgIpc) is 2.75.